The van der Waals surface area contributed by atoms with E-state index in [0.29, 0.717) is 6.54 Å². The van der Waals surface area contributed by atoms with Crippen LogP contribution in [-0.4, -0.2) is 47.6 Å². The number of carboxylic acid groups (broad SMARTS) is 1. The van der Waals surface area contributed by atoms with Gasteiger partial charge in [0, 0.05) is 12.6 Å². The van der Waals surface area contributed by atoms with Gasteiger partial charge in [-0.3, -0.25) is 9.59 Å². The summed E-state index contributed by atoms with van der Waals surface area (Å²) in [6.45, 7) is 7.27. The molecular formula is C11H22N2O3. The van der Waals surface area contributed by atoms with E-state index in [4.69, 9.17) is 5.11 Å². The Kier molecular flexibility index (Phi) is 7.54. The lowest BCUT2D eigenvalue weighted by Crippen LogP contribution is -2.44. The zero-order valence-electron chi connectivity index (χ0n) is 10.3. The van der Waals surface area contributed by atoms with Gasteiger partial charge in [-0.15, -0.1) is 0 Å². The summed E-state index contributed by atoms with van der Waals surface area (Å²) in [7, 11) is 0. The summed E-state index contributed by atoms with van der Waals surface area (Å²) in [6, 6.07) is -0.251. The third-order valence-electron chi connectivity index (χ3n) is 2.37. The van der Waals surface area contributed by atoms with Crippen LogP contribution in [-0.2, 0) is 9.59 Å². The number of aliphatic carboxylic acids is 1. The molecule has 0 spiro atoms. The van der Waals surface area contributed by atoms with Crippen LogP contribution in [0, 0.1) is 0 Å². The number of nitrogens with one attached hydrogen (secondary N) is 1. The SMILES string of the molecule is CCCNCC(=O)N(CC)C(C)CC(=O)O. The van der Waals surface area contributed by atoms with Gasteiger partial charge in [0.15, 0.2) is 0 Å². The summed E-state index contributed by atoms with van der Waals surface area (Å²) >= 11 is 0. The summed E-state index contributed by atoms with van der Waals surface area (Å²) in [6.07, 6.45) is 0.970. The second-order valence-electron chi connectivity index (χ2n) is 3.80. The first-order chi connectivity index (χ1) is 7.52. The number of likely N-dealkylation sites (N-methyl/N-ethyl adjacent to an activating group) is 1. The highest BCUT2D eigenvalue weighted by Gasteiger charge is 2.19. The molecular weight excluding hydrogens is 208 g/mol. The average molecular weight is 230 g/mol. The molecule has 0 aromatic rings. The molecule has 2 N–H and O–H groups in total. The van der Waals surface area contributed by atoms with Crippen LogP contribution in [0.2, 0.25) is 0 Å². The van der Waals surface area contributed by atoms with Crippen LogP contribution in [0.4, 0.5) is 0 Å². The van der Waals surface area contributed by atoms with E-state index in [0.717, 1.165) is 13.0 Å². The monoisotopic (exact) mass is 230 g/mol. The van der Waals surface area contributed by atoms with Crippen molar-refractivity contribution in [2.45, 2.75) is 39.7 Å². The van der Waals surface area contributed by atoms with Crippen LogP contribution in [0.3, 0.4) is 0 Å². The predicted molar refractivity (Wildman–Crippen MR) is 62.3 cm³/mol. The summed E-state index contributed by atoms with van der Waals surface area (Å²) in [5.41, 5.74) is 0. The Labute approximate surface area is 96.8 Å². The fourth-order valence-electron chi connectivity index (χ4n) is 1.57. The molecule has 0 bridgehead atoms. The Hall–Kier alpha value is -1.10. The Bertz CT molecular complexity index is 231. The minimum atomic E-state index is -0.875. The Morgan fingerprint density at radius 2 is 2.00 bits per heavy atom. The molecule has 94 valence electrons. The molecule has 0 saturated carbocycles. The maximum Gasteiger partial charge on any atom is 0.305 e. The molecule has 1 atom stereocenters. The van der Waals surface area contributed by atoms with Gasteiger partial charge in [-0.1, -0.05) is 6.92 Å². The van der Waals surface area contributed by atoms with Gasteiger partial charge in [0.25, 0.3) is 0 Å². The first-order valence-electron chi connectivity index (χ1n) is 5.74. The Morgan fingerprint density at radius 1 is 1.38 bits per heavy atom. The van der Waals surface area contributed by atoms with E-state index >= 15 is 0 Å². The zero-order chi connectivity index (χ0) is 12.6. The lowest BCUT2D eigenvalue weighted by molar-refractivity contribution is -0.140. The van der Waals surface area contributed by atoms with Crippen LogP contribution < -0.4 is 5.32 Å². The summed E-state index contributed by atoms with van der Waals surface area (Å²) in [4.78, 5) is 23.9. The Morgan fingerprint density at radius 3 is 2.44 bits per heavy atom. The van der Waals surface area contributed by atoms with Crippen molar-refractivity contribution in [2.75, 3.05) is 19.6 Å². The molecule has 5 heteroatoms. The quantitative estimate of drug-likeness (QED) is 0.602. The maximum atomic E-state index is 11.7. The molecule has 5 nitrogen and oxygen atoms in total. The molecule has 0 aromatic heterocycles. The van der Waals surface area contributed by atoms with E-state index in [1.807, 2.05) is 13.8 Å². The summed E-state index contributed by atoms with van der Waals surface area (Å²) < 4.78 is 0. The zero-order valence-corrected chi connectivity index (χ0v) is 10.3. The number of carbonyl (C=O) groups is 2. The van der Waals surface area contributed by atoms with Crippen molar-refractivity contribution < 1.29 is 14.7 Å². The smallest absolute Gasteiger partial charge is 0.305 e. The molecule has 1 unspecified atom stereocenters. The lowest BCUT2D eigenvalue weighted by atomic mass is 10.2. The van der Waals surface area contributed by atoms with Gasteiger partial charge in [0.05, 0.1) is 13.0 Å². The Balaban J connectivity index is 4.14. The average Bonchev–Trinajstić information content (AvgIpc) is 2.18. The van der Waals surface area contributed by atoms with Crippen LogP contribution in [0.1, 0.15) is 33.6 Å². The van der Waals surface area contributed by atoms with Crippen molar-refractivity contribution in [1.29, 1.82) is 0 Å². The second kappa shape index (κ2) is 8.10. The topological polar surface area (TPSA) is 69.6 Å². The van der Waals surface area contributed by atoms with Gasteiger partial charge in [-0.25, -0.2) is 0 Å². The van der Waals surface area contributed by atoms with Crippen LogP contribution in [0.5, 0.6) is 0 Å². The van der Waals surface area contributed by atoms with E-state index in [1.54, 1.807) is 11.8 Å². The van der Waals surface area contributed by atoms with Crippen molar-refractivity contribution in [3.63, 3.8) is 0 Å². The third kappa shape index (κ3) is 5.70. The van der Waals surface area contributed by atoms with Crippen LogP contribution >= 0.6 is 0 Å². The molecule has 0 aliphatic heterocycles. The van der Waals surface area contributed by atoms with Crippen molar-refractivity contribution in [3.05, 3.63) is 0 Å². The van der Waals surface area contributed by atoms with Gasteiger partial charge in [0.1, 0.15) is 0 Å². The molecule has 0 heterocycles. The molecule has 1 amide bonds. The molecule has 0 aliphatic carbocycles. The van der Waals surface area contributed by atoms with Gasteiger partial charge in [-0.05, 0) is 26.8 Å². The highest BCUT2D eigenvalue weighted by atomic mass is 16.4. The molecule has 0 radical (unpaired) electrons. The number of nitrogens with zero attached hydrogens (tertiary/aromatic N) is 1. The fourth-order valence-corrected chi connectivity index (χ4v) is 1.57. The highest BCUT2D eigenvalue weighted by Crippen LogP contribution is 2.03. The van der Waals surface area contributed by atoms with Crippen molar-refractivity contribution in [3.8, 4) is 0 Å². The normalized spacial score (nSPS) is 12.2. The molecule has 0 fully saturated rings. The number of amides is 1. The molecule has 0 rings (SSSR count). The largest absolute Gasteiger partial charge is 0.481 e. The number of carboxylic acids is 1. The van der Waals surface area contributed by atoms with Gasteiger partial charge in [-0.2, -0.15) is 0 Å². The summed E-state index contributed by atoms with van der Waals surface area (Å²) in [5.74, 6) is -0.912. The van der Waals surface area contributed by atoms with E-state index < -0.39 is 5.97 Å². The van der Waals surface area contributed by atoms with Crippen molar-refractivity contribution >= 4 is 11.9 Å². The fraction of sp³-hybridized carbons (Fsp3) is 0.818. The van der Waals surface area contributed by atoms with E-state index in [1.165, 1.54) is 0 Å². The number of carbonyl (C=O) groups excluding carboxylic acids is 1. The van der Waals surface area contributed by atoms with E-state index in [9.17, 15) is 9.59 Å². The van der Waals surface area contributed by atoms with Crippen molar-refractivity contribution in [1.82, 2.24) is 10.2 Å². The third-order valence-corrected chi connectivity index (χ3v) is 2.37. The molecule has 16 heavy (non-hydrogen) atoms. The molecule has 0 saturated heterocycles. The van der Waals surface area contributed by atoms with Gasteiger partial charge < -0.3 is 15.3 Å². The van der Waals surface area contributed by atoms with Crippen LogP contribution in [0.15, 0.2) is 0 Å². The van der Waals surface area contributed by atoms with Crippen LogP contribution in [0.25, 0.3) is 0 Å². The minimum absolute atomic E-state index is 0.00659. The van der Waals surface area contributed by atoms with Gasteiger partial charge >= 0.3 is 5.97 Å². The highest BCUT2D eigenvalue weighted by molar-refractivity contribution is 5.79. The first-order valence-corrected chi connectivity index (χ1v) is 5.74. The lowest BCUT2D eigenvalue weighted by Gasteiger charge is -2.27. The number of rotatable bonds is 8. The van der Waals surface area contributed by atoms with Crippen molar-refractivity contribution in [2.24, 2.45) is 0 Å². The molecule has 0 aromatic carbocycles. The number of hydrogen-bond acceptors (Lipinski definition) is 3. The first kappa shape index (κ1) is 14.9. The standard InChI is InChI=1S/C11H22N2O3/c1-4-6-12-8-10(14)13(5-2)9(3)7-11(15)16/h9,12H,4-8H2,1-3H3,(H,15,16). The summed E-state index contributed by atoms with van der Waals surface area (Å²) in [5, 5.41) is 11.7. The minimum Gasteiger partial charge on any atom is -0.481 e. The second-order valence-corrected chi connectivity index (χ2v) is 3.80. The van der Waals surface area contributed by atoms with E-state index in [2.05, 4.69) is 5.32 Å². The number of hydrogen-bond donors (Lipinski definition) is 2. The van der Waals surface area contributed by atoms with Gasteiger partial charge in [0.2, 0.25) is 5.91 Å². The maximum absolute atomic E-state index is 11.7. The molecule has 0 aliphatic rings. The van der Waals surface area contributed by atoms with E-state index in [-0.39, 0.29) is 24.9 Å². The predicted octanol–water partition coefficient (Wildman–Crippen LogP) is 0.698.